The second-order valence-electron chi connectivity index (χ2n) is 8.60. The molecule has 0 aliphatic carbocycles. The second-order valence-corrected chi connectivity index (χ2v) is 10.7. The molecule has 1 unspecified atom stereocenters. The van der Waals surface area contributed by atoms with E-state index in [-0.39, 0.29) is 22.9 Å². The van der Waals surface area contributed by atoms with Crippen LogP contribution in [-0.4, -0.2) is 32.1 Å². The number of nitrogens with zero attached hydrogens (tertiary/aromatic N) is 3. The van der Waals surface area contributed by atoms with Crippen molar-refractivity contribution in [3.8, 4) is 11.6 Å². The van der Waals surface area contributed by atoms with Gasteiger partial charge >= 0.3 is 0 Å². The van der Waals surface area contributed by atoms with Crippen LogP contribution >= 0.6 is 23.1 Å². The summed E-state index contributed by atoms with van der Waals surface area (Å²) in [5.41, 5.74) is 3.31. The van der Waals surface area contributed by atoms with Crippen LogP contribution < -0.4 is 10.1 Å². The van der Waals surface area contributed by atoms with Crippen molar-refractivity contribution in [2.45, 2.75) is 38.4 Å². The van der Waals surface area contributed by atoms with Crippen LogP contribution in [0.25, 0.3) is 4.91 Å². The van der Waals surface area contributed by atoms with Gasteiger partial charge in [-0.15, -0.1) is 22.0 Å². The van der Waals surface area contributed by atoms with Crippen LogP contribution in [0.2, 0.25) is 0 Å². The Morgan fingerprint density at radius 2 is 1.97 bits per heavy atom. The lowest BCUT2D eigenvalue weighted by molar-refractivity contribution is -0.124. The molecule has 1 N–H and O–H groups in total. The number of hydrogen-bond donors (Lipinski definition) is 1. The molecule has 4 heterocycles. The zero-order valence-electron chi connectivity index (χ0n) is 18.4. The molecule has 0 saturated carbocycles. The van der Waals surface area contributed by atoms with Gasteiger partial charge < -0.3 is 10.1 Å². The summed E-state index contributed by atoms with van der Waals surface area (Å²) >= 11 is 2.82. The standard InChI is InChI=1S/C24H22N4O3S2/c1-13(29)18-10-11-19(33-18)16-9-8-15-20(14-6-4-5-7-17(14)31-21(15)26-16)24(2,3)22(30)27-23-28-25-12-32-23/h4-9,11-12,18,20H,10H2,1-3H3,(H,27,28,30)/t18?,20-/m0/s1. The van der Waals surface area contributed by atoms with Crippen LogP contribution in [0, 0.1) is 5.41 Å². The number of aromatic nitrogens is 3. The number of ketones is 1. The Morgan fingerprint density at radius 1 is 1.15 bits per heavy atom. The molecule has 168 valence electrons. The summed E-state index contributed by atoms with van der Waals surface area (Å²) in [4.78, 5) is 30.9. The third-order valence-electron chi connectivity index (χ3n) is 6.02. The van der Waals surface area contributed by atoms with E-state index < -0.39 is 5.41 Å². The highest BCUT2D eigenvalue weighted by Gasteiger charge is 2.44. The lowest BCUT2D eigenvalue weighted by Gasteiger charge is -2.37. The van der Waals surface area contributed by atoms with E-state index in [1.165, 1.54) is 23.1 Å². The van der Waals surface area contributed by atoms with Gasteiger partial charge in [0.15, 0.2) is 0 Å². The van der Waals surface area contributed by atoms with Crippen molar-refractivity contribution in [3.63, 3.8) is 0 Å². The maximum absolute atomic E-state index is 13.3. The first-order chi connectivity index (χ1) is 15.8. The number of allylic oxidation sites excluding steroid dienone is 1. The zero-order valence-corrected chi connectivity index (χ0v) is 20.0. The molecule has 9 heteroatoms. The van der Waals surface area contributed by atoms with Gasteiger partial charge in [0.05, 0.1) is 16.4 Å². The fourth-order valence-corrected chi connectivity index (χ4v) is 5.78. The molecule has 1 aromatic carbocycles. The number of Topliss-reactive ketones (excluding diaryl/α,β-unsaturated/α-hetero) is 1. The average Bonchev–Trinajstić information content (AvgIpc) is 3.49. The maximum Gasteiger partial charge on any atom is 0.232 e. The molecular formula is C24H22N4O3S2. The van der Waals surface area contributed by atoms with Crippen molar-refractivity contribution >= 4 is 44.8 Å². The highest BCUT2D eigenvalue weighted by atomic mass is 32.2. The molecule has 2 aliphatic rings. The molecule has 3 aromatic rings. The number of amides is 1. The molecule has 7 nitrogen and oxygen atoms in total. The molecular weight excluding hydrogens is 456 g/mol. The van der Waals surface area contributed by atoms with Crippen LogP contribution in [0.4, 0.5) is 5.13 Å². The first-order valence-electron chi connectivity index (χ1n) is 10.6. The number of carbonyl (C=O) groups excluding carboxylic acids is 2. The number of rotatable bonds is 5. The lowest BCUT2D eigenvalue weighted by atomic mass is 9.69. The van der Waals surface area contributed by atoms with Crippen LogP contribution in [0.15, 0.2) is 48.0 Å². The summed E-state index contributed by atoms with van der Waals surface area (Å²) in [5.74, 6) is 0.904. The molecule has 0 spiro atoms. The molecule has 2 aromatic heterocycles. The Balaban J connectivity index is 1.53. The number of para-hydroxylation sites is 1. The van der Waals surface area contributed by atoms with Crippen LogP contribution in [0.3, 0.4) is 0 Å². The van der Waals surface area contributed by atoms with Gasteiger partial charge in [-0.2, -0.15) is 0 Å². The van der Waals surface area contributed by atoms with Gasteiger partial charge in [0, 0.05) is 21.9 Å². The largest absolute Gasteiger partial charge is 0.438 e. The monoisotopic (exact) mass is 478 g/mol. The van der Waals surface area contributed by atoms with E-state index in [2.05, 4.69) is 21.6 Å². The normalized spacial score (nSPS) is 19.2. The van der Waals surface area contributed by atoms with Gasteiger partial charge in [0.2, 0.25) is 16.9 Å². The number of ether oxygens (including phenoxy) is 1. The number of anilines is 1. The SMILES string of the molecule is CC(=O)C1CC=C(c2ccc3c(n2)Oc2ccccc2[C@@H]3C(C)(C)C(=O)Nc2nncs2)S1. The van der Waals surface area contributed by atoms with Crippen molar-refractivity contribution in [2.24, 2.45) is 5.41 Å². The summed E-state index contributed by atoms with van der Waals surface area (Å²) in [7, 11) is 0. The Hall–Kier alpha value is -3.04. The minimum atomic E-state index is -0.829. The first kappa shape index (κ1) is 21.8. The van der Waals surface area contributed by atoms with Gasteiger partial charge in [-0.25, -0.2) is 4.98 Å². The van der Waals surface area contributed by atoms with Gasteiger partial charge in [-0.1, -0.05) is 55.5 Å². The van der Waals surface area contributed by atoms with Crippen LogP contribution in [0.5, 0.6) is 11.6 Å². The molecule has 2 atom stereocenters. The van der Waals surface area contributed by atoms with E-state index in [0.29, 0.717) is 23.2 Å². The molecule has 5 rings (SSSR count). The summed E-state index contributed by atoms with van der Waals surface area (Å²) < 4.78 is 6.20. The van der Waals surface area contributed by atoms with Gasteiger partial charge in [0.1, 0.15) is 17.0 Å². The van der Waals surface area contributed by atoms with Gasteiger partial charge in [0.25, 0.3) is 0 Å². The fourth-order valence-electron chi connectivity index (χ4n) is 4.25. The summed E-state index contributed by atoms with van der Waals surface area (Å²) in [5, 5.41) is 11.0. The third kappa shape index (κ3) is 3.95. The average molecular weight is 479 g/mol. The Bertz CT molecular complexity index is 1270. The van der Waals surface area contributed by atoms with E-state index in [9.17, 15) is 9.59 Å². The van der Waals surface area contributed by atoms with E-state index in [1.54, 1.807) is 12.4 Å². The number of benzene rings is 1. The number of carbonyl (C=O) groups is 2. The Morgan fingerprint density at radius 3 is 2.70 bits per heavy atom. The quantitative estimate of drug-likeness (QED) is 0.534. The smallest absolute Gasteiger partial charge is 0.232 e. The predicted molar refractivity (Wildman–Crippen MR) is 130 cm³/mol. The minimum absolute atomic E-state index is 0.0600. The molecule has 1 amide bonds. The van der Waals surface area contributed by atoms with E-state index >= 15 is 0 Å². The predicted octanol–water partition coefficient (Wildman–Crippen LogP) is 5.27. The van der Waals surface area contributed by atoms with Crippen LogP contribution in [0.1, 0.15) is 49.9 Å². The van der Waals surface area contributed by atoms with Gasteiger partial charge in [-0.05, 0) is 25.5 Å². The van der Waals surface area contributed by atoms with Crippen molar-refractivity contribution < 1.29 is 14.3 Å². The topological polar surface area (TPSA) is 94.1 Å². The number of thioether (sulfide) groups is 1. The second kappa shape index (κ2) is 8.39. The summed E-state index contributed by atoms with van der Waals surface area (Å²) in [6.45, 7) is 5.45. The maximum atomic E-state index is 13.3. The molecule has 0 bridgehead atoms. The molecule has 2 aliphatic heterocycles. The van der Waals surface area contributed by atoms with Crippen molar-refractivity contribution in [1.82, 2.24) is 15.2 Å². The third-order valence-corrected chi connectivity index (χ3v) is 8.06. The highest BCUT2D eigenvalue weighted by molar-refractivity contribution is 8.09. The van der Waals surface area contributed by atoms with E-state index in [1.807, 2.05) is 50.2 Å². The van der Waals surface area contributed by atoms with E-state index in [0.717, 1.165) is 21.7 Å². The van der Waals surface area contributed by atoms with E-state index in [4.69, 9.17) is 9.72 Å². The Labute approximate surface area is 199 Å². The highest BCUT2D eigenvalue weighted by Crippen LogP contribution is 2.52. The lowest BCUT2D eigenvalue weighted by Crippen LogP contribution is -2.38. The number of nitrogens with one attached hydrogen (secondary N) is 1. The Kier molecular flexibility index (Phi) is 5.54. The number of hydrogen-bond acceptors (Lipinski definition) is 8. The number of pyridine rings is 1. The van der Waals surface area contributed by atoms with Crippen LogP contribution in [-0.2, 0) is 9.59 Å². The summed E-state index contributed by atoms with van der Waals surface area (Å²) in [6, 6.07) is 11.7. The zero-order chi connectivity index (χ0) is 23.2. The number of fused-ring (bicyclic) bond motifs is 2. The molecule has 0 radical (unpaired) electrons. The van der Waals surface area contributed by atoms with Crippen molar-refractivity contribution in [2.75, 3.05) is 5.32 Å². The summed E-state index contributed by atoms with van der Waals surface area (Å²) in [6.07, 6.45) is 2.76. The molecule has 33 heavy (non-hydrogen) atoms. The fraction of sp³-hybridized carbons (Fsp3) is 0.292. The van der Waals surface area contributed by atoms with Crippen molar-refractivity contribution in [3.05, 3.63) is 64.8 Å². The first-order valence-corrected chi connectivity index (χ1v) is 12.3. The molecule has 0 fully saturated rings. The molecule has 0 saturated heterocycles. The minimum Gasteiger partial charge on any atom is -0.438 e. The van der Waals surface area contributed by atoms with Gasteiger partial charge in [-0.3, -0.25) is 9.59 Å². The van der Waals surface area contributed by atoms with Crippen molar-refractivity contribution in [1.29, 1.82) is 0 Å².